The topological polar surface area (TPSA) is 39.4 Å². The largest absolute Gasteiger partial charge is 0.496 e. The first-order valence-electron chi connectivity index (χ1n) is 3.97. The molecule has 1 heterocycles. The monoisotopic (exact) mass is 254 g/mol. The molecule has 0 unspecified atom stereocenters. The second-order valence-corrected chi connectivity index (χ2v) is 3.55. The van der Waals surface area contributed by atoms with Gasteiger partial charge in [0.05, 0.1) is 11.6 Å². The van der Waals surface area contributed by atoms with E-state index in [9.17, 15) is 4.79 Å². The Morgan fingerprint density at radius 1 is 1.50 bits per heavy atom. The van der Waals surface area contributed by atoms with Crippen molar-refractivity contribution in [2.45, 2.75) is 0 Å². The maximum Gasteiger partial charge on any atom is 0.185 e. The number of halogens is 1. The Morgan fingerprint density at radius 2 is 2.29 bits per heavy atom. The predicted molar refractivity (Wildman–Crippen MR) is 55.9 cm³/mol. The van der Waals surface area contributed by atoms with Crippen molar-refractivity contribution in [3.63, 3.8) is 0 Å². The maximum absolute atomic E-state index is 10.5. The fourth-order valence-corrected chi connectivity index (χ4v) is 1.90. The number of rotatable bonds is 2. The molecule has 0 aliphatic heterocycles. The van der Waals surface area contributed by atoms with Crippen molar-refractivity contribution in [3.05, 3.63) is 28.4 Å². The van der Waals surface area contributed by atoms with Crippen LogP contribution < -0.4 is 4.74 Å². The van der Waals surface area contributed by atoms with Crippen molar-refractivity contribution in [1.29, 1.82) is 0 Å². The van der Waals surface area contributed by atoms with Gasteiger partial charge in [-0.3, -0.25) is 4.79 Å². The van der Waals surface area contributed by atoms with Crippen LogP contribution in [0.2, 0.25) is 0 Å². The van der Waals surface area contributed by atoms with Crippen molar-refractivity contribution in [1.82, 2.24) is 0 Å². The predicted octanol–water partition coefficient (Wildman–Crippen LogP) is 3.02. The van der Waals surface area contributed by atoms with Crippen molar-refractivity contribution in [2.24, 2.45) is 0 Å². The number of aldehydes is 1. The van der Waals surface area contributed by atoms with Gasteiger partial charge in [-0.1, -0.05) is 0 Å². The lowest BCUT2D eigenvalue weighted by Gasteiger charge is -2.01. The molecule has 0 atom stereocenters. The molecule has 0 amide bonds. The molecular formula is C10H7BrO3. The van der Waals surface area contributed by atoms with Gasteiger partial charge >= 0.3 is 0 Å². The van der Waals surface area contributed by atoms with Gasteiger partial charge in [0.1, 0.15) is 11.3 Å². The van der Waals surface area contributed by atoms with E-state index in [-0.39, 0.29) is 0 Å². The molecule has 4 heteroatoms. The molecule has 2 aromatic rings. The van der Waals surface area contributed by atoms with Crippen molar-refractivity contribution in [3.8, 4) is 5.75 Å². The first-order valence-corrected chi connectivity index (χ1v) is 4.77. The summed E-state index contributed by atoms with van der Waals surface area (Å²) in [6, 6.07) is 5.23. The first-order chi connectivity index (χ1) is 6.76. The molecule has 0 saturated heterocycles. The molecule has 2 rings (SSSR count). The third-order valence-electron chi connectivity index (χ3n) is 1.95. The molecule has 0 fully saturated rings. The minimum atomic E-state index is 0.314. The number of hydrogen-bond acceptors (Lipinski definition) is 3. The van der Waals surface area contributed by atoms with Crippen LogP contribution in [-0.2, 0) is 0 Å². The highest BCUT2D eigenvalue weighted by Gasteiger charge is 2.09. The standard InChI is InChI=1S/C10H7BrO3/c1-13-9-3-2-8-7(10(9)11)4-6(5-12)14-8/h2-5H,1H3. The van der Waals surface area contributed by atoms with Gasteiger partial charge in [-0.15, -0.1) is 0 Å². The van der Waals surface area contributed by atoms with Crippen molar-refractivity contribution >= 4 is 33.2 Å². The van der Waals surface area contributed by atoms with Crippen LogP contribution in [0.4, 0.5) is 0 Å². The van der Waals surface area contributed by atoms with E-state index in [1.165, 1.54) is 0 Å². The zero-order valence-electron chi connectivity index (χ0n) is 7.41. The number of carbonyl (C=O) groups is 1. The second-order valence-electron chi connectivity index (χ2n) is 2.76. The summed E-state index contributed by atoms with van der Waals surface area (Å²) in [5, 5.41) is 0.839. The fourth-order valence-electron chi connectivity index (χ4n) is 1.29. The van der Waals surface area contributed by atoms with E-state index >= 15 is 0 Å². The lowest BCUT2D eigenvalue weighted by molar-refractivity contribution is 0.110. The van der Waals surface area contributed by atoms with Crippen molar-refractivity contribution in [2.75, 3.05) is 7.11 Å². The number of benzene rings is 1. The number of fused-ring (bicyclic) bond motifs is 1. The van der Waals surface area contributed by atoms with Gasteiger partial charge in [0.15, 0.2) is 12.0 Å². The minimum Gasteiger partial charge on any atom is -0.496 e. The molecule has 3 nitrogen and oxygen atoms in total. The van der Waals surface area contributed by atoms with E-state index in [0.717, 1.165) is 15.6 Å². The number of hydrogen-bond donors (Lipinski definition) is 0. The van der Waals surface area contributed by atoms with E-state index in [1.54, 1.807) is 25.3 Å². The summed E-state index contributed by atoms with van der Waals surface area (Å²) in [6.07, 6.45) is 0.679. The Balaban J connectivity index is 2.74. The van der Waals surface area contributed by atoms with E-state index in [1.807, 2.05) is 0 Å². The molecular weight excluding hydrogens is 248 g/mol. The number of carbonyl (C=O) groups excluding carboxylic acids is 1. The highest BCUT2D eigenvalue weighted by molar-refractivity contribution is 9.10. The maximum atomic E-state index is 10.5. The van der Waals surface area contributed by atoms with E-state index in [4.69, 9.17) is 9.15 Å². The zero-order chi connectivity index (χ0) is 10.1. The Labute approximate surface area is 88.8 Å². The van der Waals surface area contributed by atoms with Gasteiger partial charge in [0, 0.05) is 5.39 Å². The third kappa shape index (κ3) is 1.32. The summed E-state index contributed by atoms with van der Waals surface area (Å²) in [5.74, 6) is 1.03. The van der Waals surface area contributed by atoms with Gasteiger partial charge < -0.3 is 9.15 Å². The Morgan fingerprint density at radius 3 is 2.93 bits per heavy atom. The lowest BCUT2D eigenvalue weighted by Crippen LogP contribution is -1.83. The van der Waals surface area contributed by atoms with Crippen LogP contribution in [0.15, 0.2) is 27.1 Å². The van der Waals surface area contributed by atoms with Gasteiger partial charge in [-0.2, -0.15) is 0 Å². The van der Waals surface area contributed by atoms with E-state index in [2.05, 4.69) is 15.9 Å². The zero-order valence-corrected chi connectivity index (χ0v) is 9.00. The van der Waals surface area contributed by atoms with Crippen LogP contribution in [0.3, 0.4) is 0 Å². The highest BCUT2D eigenvalue weighted by Crippen LogP contribution is 2.34. The first kappa shape index (κ1) is 9.27. The molecule has 0 N–H and O–H groups in total. The molecule has 1 aromatic carbocycles. The van der Waals surface area contributed by atoms with Crippen LogP contribution in [0.5, 0.6) is 5.75 Å². The summed E-state index contributed by atoms with van der Waals surface area (Å²) >= 11 is 3.38. The van der Waals surface area contributed by atoms with Crippen LogP contribution in [-0.4, -0.2) is 13.4 Å². The Bertz CT molecular complexity index is 487. The molecule has 0 radical (unpaired) electrons. The quantitative estimate of drug-likeness (QED) is 0.774. The SMILES string of the molecule is COc1ccc2oc(C=O)cc2c1Br. The number of methoxy groups -OCH3 is 1. The summed E-state index contributed by atoms with van der Waals surface area (Å²) in [5.41, 5.74) is 0.666. The van der Waals surface area contributed by atoms with Gasteiger partial charge in [0.25, 0.3) is 0 Å². The summed E-state index contributed by atoms with van der Waals surface area (Å²) < 4.78 is 11.2. The smallest absolute Gasteiger partial charge is 0.185 e. The van der Waals surface area contributed by atoms with Crippen LogP contribution >= 0.6 is 15.9 Å². The van der Waals surface area contributed by atoms with Gasteiger partial charge in [0.2, 0.25) is 0 Å². The summed E-state index contributed by atoms with van der Waals surface area (Å²) in [6.45, 7) is 0. The van der Waals surface area contributed by atoms with Gasteiger partial charge in [-0.05, 0) is 34.1 Å². The van der Waals surface area contributed by atoms with Crippen molar-refractivity contribution < 1.29 is 13.9 Å². The average Bonchev–Trinajstić information content (AvgIpc) is 2.62. The molecule has 0 saturated carbocycles. The molecule has 0 aliphatic rings. The molecule has 0 spiro atoms. The molecule has 72 valence electrons. The van der Waals surface area contributed by atoms with Crippen LogP contribution in [0, 0.1) is 0 Å². The molecule has 0 bridgehead atoms. The molecule has 14 heavy (non-hydrogen) atoms. The fraction of sp³-hybridized carbons (Fsp3) is 0.100. The van der Waals surface area contributed by atoms with Crippen LogP contribution in [0.1, 0.15) is 10.6 Å². The van der Waals surface area contributed by atoms with E-state index < -0.39 is 0 Å². The molecule has 1 aromatic heterocycles. The Hall–Kier alpha value is -1.29. The van der Waals surface area contributed by atoms with Crippen LogP contribution in [0.25, 0.3) is 11.0 Å². The van der Waals surface area contributed by atoms with E-state index in [0.29, 0.717) is 17.6 Å². The normalized spacial score (nSPS) is 10.4. The average molecular weight is 255 g/mol. The summed E-state index contributed by atoms with van der Waals surface area (Å²) in [7, 11) is 1.59. The highest BCUT2D eigenvalue weighted by atomic mass is 79.9. The Kier molecular flexibility index (Phi) is 2.29. The van der Waals surface area contributed by atoms with Gasteiger partial charge in [-0.25, -0.2) is 0 Å². The number of furan rings is 1. The molecule has 0 aliphatic carbocycles. The number of ether oxygens (including phenoxy) is 1. The minimum absolute atomic E-state index is 0.314. The summed E-state index contributed by atoms with van der Waals surface area (Å²) in [4.78, 5) is 10.5. The second kappa shape index (κ2) is 3.46. The third-order valence-corrected chi connectivity index (χ3v) is 2.77. The lowest BCUT2D eigenvalue weighted by atomic mass is 10.2.